The van der Waals surface area contributed by atoms with Crippen LogP contribution in [0.4, 0.5) is 10.1 Å². The van der Waals surface area contributed by atoms with Crippen LogP contribution < -0.4 is 5.73 Å². The Balaban J connectivity index is 2.87. The van der Waals surface area contributed by atoms with E-state index in [-0.39, 0.29) is 4.60 Å². The second-order valence-electron chi connectivity index (χ2n) is 2.40. The Morgan fingerprint density at radius 3 is 3.08 bits per heavy atom. The van der Waals surface area contributed by atoms with Gasteiger partial charge in [0.15, 0.2) is 5.82 Å². The highest BCUT2D eigenvalue weighted by atomic mass is 79.9. The number of rotatable bonds is 0. The van der Waals surface area contributed by atoms with Crippen molar-refractivity contribution in [3.8, 4) is 0 Å². The standard InChI is InChI=1S/C7H5BrFN3/c8-6-4(9)1-3-5(10)2-11-7(3)12-6/h1-2H,10H2,(H,11,12). The van der Waals surface area contributed by atoms with Crippen LogP contribution in [0, 0.1) is 5.82 Å². The number of anilines is 1. The van der Waals surface area contributed by atoms with Crippen molar-refractivity contribution in [3.05, 3.63) is 22.7 Å². The first kappa shape index (κ1) is 7.54. The second kappa shape index (κ2) is 2.45. The third-order valence-electron chi connectivity index (χ3n) is 1.61. The molecule has 0 fully saturated rings. The molecule has 2 heterocycles. The molecule has 0 atom stereocenters. The second-order valence-corrected chi connectivity index (χ2v) is 3.15. The van der Waals surface area contributed by atoms with Crippen molar-refractivity contribution in [1.82, 2.24) is 9.97 Å². The molecule has 0 saturated carbocycles. The Kier molecular flexibility index (Phi) is 1.54. The normalized spacial score (nSPS) is 10.8. The summed E-state index contributed by atoms with van der Waals surface area (Å²) in [7, 11) is 0. The van der Waals surface area contributed by atoms with Crippen molar-refractivity contribution >= 4 is 32.7 Å². The molecule has 0 amide bonds. The van der Waals surface area contributed by atoms with E-state index in [4.69, 9.17) is 5.73 Å². The Bertz CT molecular complexity index is 437. The van der Waals surface area contributed by atoms with E-state index >= 15 is 0 Å². The topological polar surface area (TPSA) is 54.7 Å². The first-order valence-electron chi connectivity index (χ1n) is 3.27. The van der Waals surface area contributed by atoms with Gasteiger partial charge in [0.1, 0.15) is 10.3 Å². The number of fused-ring (bicyclic) bond motifs is 1. The number of halogens is 2. The van der Waals surface area contributed by atoms with Gasteiger partial charge in [0.05, 0.1) is 5.69 Å². The molecule has 3 N–H and O–H groups in total. The summed E-state index contributed by atoms with van der Waals surface area (Å²) in [5.41, 5.74) is 6.63. The van der Waals surface area contributed by atoms with Gasteiger partial charge in [-0.1, -0.05) is 0 Å². The van der Waals surface area contributed by atoms with E-state index in [1.807, 2.05) is 0 Å². The highest BCUT2D eigenvalue weighted by molar-refractivity contribution is 9.10. The minimum absolute atomic E-state index is 0.192. The fourth-order valence-corrected chi connectivity index (χ4v) is 1.31. The molecule has 2 aromatic heterocycles. The number of nitrogen functional groups attached to an aromatic ring is 1. The molecule has 0 aromatic carbocycles. The van der Waals surface area contributed by atoms with E-state index < -0.39 is 5.82 Å². The van der Waals surface area contributed by atoms with Crippen LogP contribution >= 0.6 is 15.9 Å². The average Bonchev–Trinajstić information content (AvgIpc) is 2.35. The van der Waals surface area contributed by atoms with E-state index in [0.717, 1.165) is 0 Å². The van der Waals surface area contributed by atoms with Gasteiger partial charge < -0.3 is 10.7 Å². The zero-order valence-corrected chi connectivity index (χ0v) is 7.52. The summed E-state index contributed by atoms with van der Waals surface area (Å²) >= 11 is 2.98. The molecule has 0 unspecified atom stereocenters. The molecule has 2 aromatic rings. The number of nitrogens with zero attached hydrogens (tertiary/aromatic N) is 1. The third-order valence-corrected chi connectivity index (χ3v) is 2.16. The van der Waals surface area contributed by atoms with Crippen molar-refractivity contribution in [3.63, 3.8) is 0 Å². The minimum atomic E-state index is -0.409. The number of H-pyrrole nitrogens is 1. The molecule has 5 heteroatoms. The lowest BCUT2D eigenvalue weighted by Gasteiger charge is -1.94. The fraction of sp³-hybridized carbons (Fsp3) is 0. The van der Waals surface area contributed by atoms with Gasteiger partial charge in [0, 0.05) is 11.6 Å². The van der Waals surface area contributed by atoms with Crippen LogP contribution in [0.5, 0.6) is 0 Å². The molecular formula is C7H5BrFN3. The smallest absolute Gasteiger partial charge is 0.156 e. The molecule has 62 valence electrons. The van der Waals surface area contributed by atoms with Crippen LogP contribution in [-0.2, 0) is 0 Å². The maximum Gasteiger partial charge on any atom is 0.156 e. The van der Waals surface area contributed by atoms with Crippen molar-refractivity contribution in [2.45, 2.75) is 0 Å². The summed E-state index contributed by atoms with van der Waals surface area (Å²) in [5, 5.41) is 0.607. The first-order chi connectivity index (χ1) is 5.68. The SMILES string of the molecule is Nc1c[nH]c2nc(Br)c(F)cc12. The molecule has 0 aliphatic heterocycles. The van der Waals surface area contributed by atoms with Gasteiger partial charge >= 0.3 is 0 Å². The maximum absolute atomic E-state index is 12.9. The van der Waals surface area contributed by atoms with Crippen LogP contribution in [0.2, 0.25) is 0 Å². The molecule has 12 heavy (non-hydrogen) atoms. The van der Waals surface area contributed by atoms with Crippen LogP contribution in [0.1, 0.15) is 0 Å². The van der Waals surface area contributed by atoms with Crippen LogP contribution in [0.15, 0.2) is 16.9 Å². The van der Waals surface area contributed by atoms with E-state index in [0.29, 0.717) is 16.7 Å². The maximum atomic E-state index is 12.9. The summed E-state index contributed by atoms with van der Waals surface area (Å²) < 4.78 is 13.1. The summed E-state index contributed by atoms with van der Waals surface area (Å²) in [6.07, 6.45) is 1.59. The minimum Gasteiger partial charge on any atom is -0.397 e. The van der Waals surface area contributed by atoms with Gasteiger partial charge in [-0.3, -0.25) is 0 Å². The van der Waals surface area contributed by atoms with Crippen molar-refractivity contribution in [2.75, 3.05) is 5.73 Å². The number of aromatic nitrogens is 2. The number of hydrogen-bond donors (Lipinski definition) is 2. The van der Waals surface area contributed by atoms with Gasteiger partial charge in [0.25, 0.3) is 0 Å². The summed E-state index contributed by atoms with van der Waals surface area (Å²) in [4.78, 5) is 6.73. The Hall–Kier alpha value is -1.10. The zero-order valence-electron chi connectivity index (χ0n) is 5.94. The quantitative estimate of drug-likeness (QED) is 0.680. The largest absolute Gasteiger partial charge is 0.397 e. The van der Waals surface area contributed by atoms with Crippen molar-refractivity contribution in [1.29, 1.82) is 0 Å². The molecule has 0 saturated heterocycles. The predicted molar refractivity (Wildman–Crippen MR) is 48.2 cm³/mol. The molecule has 2 rings (SSSR count). The summed E-state index contributed by atoms with van der Waals surface area (Å²) in [6.45, 7) is 0. The summed E-state index contributed by atoms with van der Waals surface area (Å²) in [5.74, 6) is -0.409. The predicted octanol–water partition coefficient (Wildman–Crippen LogP) is 2.05. The van der Waals surface area contributed by atoms with Crippen molar-refractivity contribution in [2.24, 2.45) is 0 Å². The van der Waals surface area contributed by atoms with E-state index in [9.17, 15) is 4.39 Å². The molecular weight excluding hydrogens is 225 g/mol. The Labute approximate surface area is 75.9 Å². The van der Waals surface area contributed by atoms with Gasteiger partial charge in [-0.25, -0.2) is 9.37 Å². The molecule has 0 spiro atoms. The molecule has 0 aliphatic rings. The first-order valence-corrected chi connectivity index (χ1v) is 4.06. The lowest BCUT2D eigenvalue weighted by molar-refractivity contribution is 0.616. The van der Waals surface area contributed by atoms with Gasteiger partial charge in [0.2, 0.25) is 0 Å². The lowest BCUT2D eigenvalue weighted by atomic mass is 10.3. The third kappa shape index (κ3) is 0.972. The Morgan fingerprint density at radius 1 is 1.58 bits per heavy atom. The van der Waals surface area contributed by atoms with E-state index in [1.165, 1.54) is 6.07 Å². The molecule has 0 aliphatic carbocycles. The Morgan fingerprint density at radius 2 is 2.33 bits per heavy atom. The number of nitrogens with two attached hydrogens (primary N) is 1. The van der Waals surface area contributed by atoms with Crippen LogP contribution in [-0.4, -0.2) is 9.97 Å². The lowest BCUT2D eigenvalue weighted by Crippen LogP contribution is -1.86. The zero-order chi connectivity index (χ0) is 8.72. The van der Waals surface area contributed by atoms with Crippen LogP contribution in [0.25, 0.3) is 11.0 Å². The van der Waals surface area contributed by atoms with Crippen LogP contribution in [0.3, 0.4) is 0 Å². The van der Waals surface area contributed by atoms with E-state index in [2.05, 4.69) is 25.9 Å². The van der Waals surface area contributed by atoms with Gasteiger partial charge in [-0.05, 0) is 22.0 Å². The molecule has 0 bridgehead atoms. The van der Waals surface area contributed by atoms with Gasteiger partial charge in [-0.2, -0.15) is 0 Å². The number of nitrogens with one attached hydrogen (secondary N) is 1. The highest BCUT2D eigenvalue weighted by Gasteiger charge is 2.06. The number of aromatic amines is 1. The van der Waals surface area contributed by atoms with Crippen molar-refractivity contribution < 1.29 is 4.39 Å². The highest BCUT2D eigenvalue weighted by Crippen LogP contribution is 2.23. The summed E-state index contributed by atoms with van der Waals surface area (Å²) in [6, 6.07) is 1.35. The molecule has 3 nitrogen and oxygen atoms in total. The average molecular weight is 230 g/mol. The fourth-order valence-electron chi connectivity index (χ4n) is 1.02. The monoisotopic (exact) mass is 229 g/mol. The number of hydrogen-bond acceptors (Lipinski definition) is 2. The number of pyridine rings is 1. The van der Waals surface area contributed by atoms with Gasteiger partial charge in [-0.15, -0.1) is 0 Å². The molecule has 0 radical (unpaired) electrons. The van der Waals surface area contributed by atoms with E-state index in [1.54, 1.807) is 6.20 Å².